The van der Waals surface area contributed by atoms with Crippen molar-refractivity contribution in [3.8, 4) is 0 Å². The van der Waals surface area contributed by atoms with E-state index in [1.165, 1.54) is 16.9 Å². The molecule has 1 aliphatic rings. The van der Waals surface area contributed by atoms with Crippen LogP contribution in [0.3, 0.4) is 0 Å². The Morgan fingerprint density at radius 2 is 1.88 bits per heavy atom. The zero-order valence-electron chi connectivity index (χ0n) is 19.8. The van der Waals surface area contributed by atoms with Crippen LogP contribution in [0.5, 0.6) is 0 Å². The molecule has 1 saturated heterocycles. The van der Waals surface area contributed by atoms with Gasteiger partial charge in [0.1, 0.15) is 10.5 Å². The maximum absolute atomic E-state index is 13.0. The number of carbonyl (C=O) groups excluding carboxylic acids is 1. The van der Waals surface area contributed by atoms with E-state index in [0.29, 0.717) is 41.7 Å². The molecule has 0 radical (unpaired) electrons. The second-order valence-electron chi connectivity index (χ2n) is 9.71. The van der Waals surface area contributed by atoms with Crippen molar-refractivity contribution in [2.75, 3.05) is 13.1 Å². The number of aromatic nitrogens is 4. The van der Waals surface area contributed by atoms with Gasteiger partial charge in [0.25, 0.3) is 5.56 Å². The van der Waals surface area contributed by atoms with Gasteiger partial charge in [0.15, 0.2) is 0 Å². The summed E-state index contributed by atoms with van der Waals surface area (Å²) in [5.74, 6) is 2.42. The van der Waals surface area contributed by atoms with Gasteiger partial charge in [-0.3, -0.25) is 18.6 Å². The van der Waals surface area contributed by atoms with Gasteiger partial charge < -0.3 is 4.90 Å². The van der Waals surface area contributed by atoms with Crippen LogP contribution in [0.4, 0.5) is 0 Å². The molecule has 178 valence electrons. The predicted molar refractivity (Wildman–Crippen MR) is 135 cm³/mol. The standard InChI is InChI=1S/C26H31N5O2S/c1-18(2)17-30-25(33)24-21(12-15-34-24)31-22(27-28-26(30)31)8-9-23(32)29-13-10-20(11-14-29)16-19-6-4-3-5-7-19/h3-7,12,15,18,20H,8-11,13-14,16-17H2,1-2H3. The molecule has 1 aliphatic heterocycles. The Morgan fingerprint density at radius 1 is 1.12 bits per heavy atom. The molecule has 1 aromatic carbocycles. The average molecular weight is 478 g/mol. The number of amides is 1. The third-order valence-corrected chi connectivity index (χ3v) is 7.62. The first-order valence-electron chi connectivity index (χ1n) is 12.2. The molecule has 0 unspecified atom stereocenters. The van der Waals surface area contributed by atoms with Crippen LogP contribution in [-0.2, 0) is 24.2 Å². The number of benzene rings is 1. The first-order valence-corrected chi connectivity index (χ1v) is 13.0. The van der Waals surface area contributed by atoms with E-state index >= 15 is 0 Å². The summed E-state index contributed by atoms with van der Waals surface area (Å²) in [5, 5.41) is 10.7. The van der Waals surface area contributed by atoms with Crippen molar-refractivity contribution in [2.45, 2.75) is 52.5 Å². The number of hydrogen-bond donors (Lipinski definition) is 0. The van der Waals surface area contributed by atoms with E-state index in [4.69, 9.17) is 0 Å². The fraction of sp³-hybridized carbons (Fsp3) is 0.462. The Balaban J connectivity index is 1.27. The summed E-state index contributed by atoms with van der Waals surface area (Å²) in [4.78, 5) is 28.0. The second kappa shape index (κ2) is 9.70. The lowest BCUT2D eigenvalue weighted by molar-refractivity contribution is -0.132. The number of hydrogen-bond acceptors (Lipinski definition) is 5. The average Bonchev–Trinajstić information content (AvgIpc) is 3.48. The number of fused-ring (bicyclic) bond motifs is 3. The van der Waals surface area contributed by atoms with E-state index in [9.17, 15) is 9.59 Å². The SMILES string of the molecule is CC(C)Cn1c(=O)c2sccc2n2c(CCC(=O)N3CCC(Cc4ccccc4)CC3)nnc12. The van der Waals surface area contributed by atoms with Crippen LogP contribution in [0.25, 0.3) is 16.0 Å². The molecule has 4 heterocycles. The van der Waals surface area contributed by atoms with E-state index < -0.39 is 0 Å². The van der Waals surface area contributed by atoms with Crippen molar-refractivity contribution in [2.24, 2.45) is 11.8 Å². The van der Waals surface area contributed by atoms with Crippen molar-refractivity contribution in [3.05, 3.63) is 63.5 Å². The monoisotopic (exact) mass is 477 g/mol. The molecular weight excluding hydrogens is 446 g/mol. The zero-order chi connectivity index (χ0) is 23.7. The first-order chi connectivity index (χ1) is 16.5. The van der Waals surface area contributed by atoms with Crippen molar-refractivity contribution in [1.29, 1.82) is 0 Å². The highest BCUT2D eigenvalue weighted by atomic mass is 32.1. The van der Waals surface area contributed by atoms with Gasteiger partial charge in [-0.2, -0.15) is 0 Å². The summed E-state index contributed by atoms with van der Waals surface area (Å²) in [7, 11) is 0. The molecule has 0 atom stereocenters. The second-order valence-corrected chi connectivity index (χ2v) is 10.6. The Labute approximate surface area is 203 Å². The first kappa shape index (κ1) is 22.8. The lowest BCUT2D eigenvalue weighted by atomic mass is 9.90. The maximum Gasteiger partial charge on any atom is 0.272 e. The lowest BCUT2D eigenvalue weighted by Gasteiger charge is -2.32. The Kier molecular flexibility index (Phi) is 6.50. The molecule has 34 heavy (non-hydrogen) atoms. The number of nitrogens with zero attached hydrogens (tertiary/aromatic N) is 5. The highest BCUT2D eigenvalue weighted by Gasteiger charge is 2.24. The molecule has 0 saturated carbocycles. The minimum absolute atomic E-state index is 0.0143. The van der Waals surface area contributed by atoms with E-state index in [0.717, 1.165) is 43.7 Å². The summed E-state index contributed by atoms with van der Waals surface area (Å²) >= 11 is 1.44. The van der Waals surface area contributed by atoms with Crippen LogP contribution >= 0.6 is 11.3 Å². The molecule has 8 heteroatoms. The van der Waals surface area contributed by atoms with Crippen LogP contribution in [0.1, 0.15) is 44.5 Å². The fourth-order valence-corrected chi connectivity index (χ4v) is 5.81. The molecule has 1 amide bonds. The van der Waals surface area contributed by atoms with Gasteiger partial charge >= 0.3 is 0 Å². The predicted octanol–water partition coefficient (Wildman–Crippen LogP) is 4.18. The van der Waals surface area contributed by atoms with Gasteiger partial charge in [-0.05, 0) is 48.1 Å². The molecule has 1 fully saturated rings. The fourth-order valence-electron chi connectivity index (χ4n) is 4.98. The molecule has 0 spiro atoms. The minimum atomic E-state index is -0.0143. The zero-order valence-corrected chi connectivity index (χ0v) is 20.6. The minimum Gasteiger partial charge on any atom is -0.343 e. The summed E-state index contributed by atoms with van der Waals surface area (Å²) in [5.41, 5.74) is 2.19. The van der Waals surface area contributed by atoms with Gasteiger partial charge in [-0.15, -0.1) is 21.5 Å². The molecule has 7 nitrogen and oxygen atoms in total. The van der Waals surface area contributed by atoms with Crippen LogP contribution in [0.2, 0.25) is 0 Å². The molecule has 0 bridgehead atoms. The number of carbonyl (C=O) groups is 1. The van der Waals surface area contributed by atoms with E-state index in [1.54, 1.807) is 4.57 Å². The van der Waals surface area contributed by atoms with Crippen molar-refractivity contribution in [3.63, 3.8) is 0 Å². The molecular formula is C26H31N5O2S. The van der Waals surface area contributed by atoms with Gasteiger partial charge in [0, 0.05) is 32.5 Å². The normalized spacial score (nSPS) is 15.1. The smallest absolute Gasteiger partial charge is 0.272 e. The van der Waals surface area contributed by atoms with E-state index in [-0.39, 0.29) is 11.5 Å². The summed E-state index contributed by atoms with van der Waals surface area (Å²) in [6.45, 7) is 6.39. The molecule has 0 aliphatic carbocycles. The van der Waals surface area contributed by atoms with E-state index in [1.807, 2.05) is 20.7 Å². The van der Waals surface area contributed by atoms with Crippen LogP contribution < -0.4 is 5.56 Å². The quantitative estimate of drug-likeness (QED) is 0.400. The highest BCUT2D eigenvalue weighted by molar-refractivity contribution is 7.17. The summed E-state index contributed by atoms with van der Waals surface area (Å²) in [6, 6.07) is 12.6. The lowest BCUT2D eigenvalue weighted by Crippen LogP contribution is -2.39. The summed E-state index contributed by atoms with van der Waals surface area (Å²) in [6.07, 6.45) is 4.09. The number of thiophene rings is 1. The van der Waals surface area contributed by atoms with Crippen molar-refractivity contribution >= 4 is 33.2 Å². The highest BCUT2D eigenvalue weighted by Crippen LogP contribution is 2.23. The molecule has 0 N–H and O–H groups in total. The number of piperidine rings is 1. The number of aryl methyl sites for hydroxylation is 1. The topological polar surface area (TPSA) is 72.5 Å². The summed E-state index contributed by atoms with van der Waals surface area (Å²) < 4.78 is 4.40. The van der Waals surface area contributed by atoms with Gasteiger partial charge in [0.05, 0.1) is 5.52 Å². The molecule has 5 rings (SSSR count). The third kappa shape index (κ3) is 4.51. The third-order valence-electron chi connectivity index (χ3n) is 6.72. The van der Waals surface area contributed by atoms with Gasteiger partial charge in [-0.25, -0.2) is 0 Å². The maximum atomic E-state index is 13.0. The van der Waals surface area contributed by atoms with Crippen molar-refractivity contribution < 1.29 is 4.79 Å². The Bertz CT molecular complexity index is 1350. The number of likely N-dealkylation sites (tertiary alicyclic amines) is 1. The molecule has 4 aromatic rings. The van der Waals surface area contributed by atoms with Crippen LogP contribution in [0.15, 0.2) is 46.6 Å². The largest absolute Gasteiger partial charge is 0.343 e. The molecule has 3 aromatic heterocycles. The van der Waals surface area contributed by atoms with Crippen LogP contribution in [0, 0.1) is 11.8 Å². The number of rotatable bonds is 7. The van der Waals surface area contributed by atoms with Gasteiger partial charge in [0.2, 0.25) is 11.7 Å². The van der Waals surface area contributed by atoms with Crippen LogP contribution in [-0.4, -0.2) is 43.1 Å². The van der Waals surface area contributed by atoms with Crippen molar-refractivity contribution in [1.82, 2.24) is 24.1 Å². The Morgan fingerprint density at radius 3 is 2.62 bits per heavy atom. The van der Waals surface area contributed by atoms with Gasteiger partial charge in [-0.1, -0.05) is 44.2 Å². The van der Waals surface area contributed by atoms with E-state index in [2.05, 4.69) is 54.4 Å². The Hall–Kier alpha value is -3.00.